The quantitative estimate of drug-likeness (QED) is 0.571. The van der Waals surface area contributed by atoms with Gasteiger partial charge in [-0.05, 0) is 12.8 Å². The van der Waals surface area contributed by atoms with Gasteiger partial charge in [0.05, 0.1) is 6.07 Å². The number of carbonyl (C=O) groups excluding carboxylic acids is 1. The van der Waals surface area contributed by atoms with Crippen molar-refractivity contribution in [3.8, 4) is 6.07 Å². The first-order chi connectivity index (χ1) is 5.86. The molecule has 12 heavy (non-hydrogen) atoms. The van der Waals surface area contributed by atoms with Gasteiger partial charge in [-0.3, -0.25) is 9.69 Å². The highest BCUT2D eigenvalue weighted by Crippen LogP contribution is 2.15. The van der Waals surface area contributed by atoms with E-state index >= 15 is 0 Å². The minimum atomic E-state index is 0.192. The van der Waals surface area contributed by atoms with Crippen LogP contribution in [0.4, 0.5) is 0 Å². The van der Waals surface area contributed by atoms with Crippen molar-refractivity contribution in [2.75, 3.05) is 19.8 Å². The number of piperidine rings is 1. The van der Waals surface area contributed by atoms with Gasteiger partial charge in [0.1, 0.15) is 6.73 Å². The Hall–Kier alpha value is -1.08. The molecule has 0 spiro atoms. The monoisotopic (exact) mass is 168 g/mol. The van der Waals surface area contributed by atoms with E-state index in [-0.39, 0.29) is 5.92 Å². The lowest BCUT2D eigenvalue weighted by Crippen LogP contribution is -2.34. The zero-order chi connectivity index (χ0) is 8.81. The third-order valence-corrected chi connectivity index (χ3v) is 2.10. The van der Waals surface area contributed by atoms with E-state index in [0.717, 1.165) is 25.9 Å². The first-order valence-electron chi connectivity index (χ1n) is 4.04. The lowest BCUT2D eigenvalue weighted by molar-refractivity contribution is -0.133. The van der Waals surface area contributed by atoms with Crippen LogP contribution in [0.25, 0.3) is 0 Å². The summed E-state index contributed by atoms with van der Waals surface area (Å²) in [4.78, 5) is 11.9. The minimum Gasteiger partial charge on any atom is -0.452 e. The molecule has 0 N–H and O–H groups in total. The van der Waals surface area contributed by atoms with E-state index in [1.165, 1.54) is 0 Å². The van der Waals surface area contributed by atoms with Crippen molar-refractivity contribution in [3.63, 3.8) is 0 Å². The summed E-state index contributed by atoms with van der Waals surface area (Å²) >= 11 is 0. The van der Waals surface area contributed by atoms with Gasteiger partial charge in [0.2, 0.25) is 0 Å². The zero-order valence-electron chi connectivity index (χ0n) is 6.90. The van der Waals surface area contributed by atoms with Gasteiger partial charge in [0, 0.05) is 19.0 Å². The molecule has 0 atom stereocenters. The van der Waals surface area contributed by atoms with Crippen molar-refractivity contribution < 1.29 is 9.53 Å². The molecule has 4 nitrogen and oxygen atoms in total. The fourth-order valence-electron chi connectivity index (χ4n) is 1.33. The molecular formula is C8H12N2O2. The standard InChI is InChI=1S/C8H12N2O2/c9-5-8-1-3-10(4-2-8)6-12-7-11/h7-8H,1-4,6H2. The zero-order valence-corrected chi connectivity index (χ0v) is 6.90. The van der Waals surface area contributed by atoms with Gasteiger partial charge < -0.3 is 4.74 Å². The molecule has 0 aliphatic carbocycles. The number of ether oxygens (including phenoxy) is 1. The molecule has 0 amide bonds. The SMILES string of the molecule is N#CC1CCN(COC=O)CC1. The molecule has 0 aromatic rings. The molecule has 1 heterocycles. The maximum Gasteiger partial charge on any atom is 0.294 e. The normalized spacial score (nSPS) is 19.9. The van der Waals surface area contributed by atoms with Crippen LogP contribution in [0, 0.1) is 17.2 Å². The molecule has 66 valence electrons. The summed E-state index contributed by atoms with van der Waals surface area (Å²) in [5, 5.41) is 8.60. The molecule has 4 heteroatoms. The second-order valence-electron chi connectivity index (χ2n) is 2.91. The largest absolute Gasteiger partial charge is 0.452 e. The summed E-state index contributed by atoms with van der Waals surface area (Å²) < 4.78 is 4.60. The van der Waals surface area contributed by atoms with Gasteiger partial charge in [0.25, 0.3) is 6.47 Å². The summed E-state index contributed by atoms with van der Waals surface area (Å²) in [5.41, 5.74) is 0. The van der Waals surface area contributed by atoms with E-state index in [1.54, 1.807) is 0 Å². The Balaban J connectivity index is 2.18. The smallest absolute Gasteiger partial charge is 0.294 e. The predicted molar refractivity (Wildman–Crippen MR) is 41.9 cm³/mol. The van der Waals surface area contributed by atoms with Crippen LogP contribution in [0.3, 0.4) is 0 Å². The Kier molecular flexibility index (Phi) is 3.55. The number of hydrogen-bond acceptors (Lipinski definition) is 4. The summed E-state index contributed by atoms with van der Waals surface area (Å²) in [6.07, 6.45) is 1.78. The summed E-state index contributed by atoms with van der Waals surface area (Å²) in [6, 6.07) is 2.24. The molecule has 1 rings (SSSR count). The molecule has 0 bridgehead atoms. The van der Waals surface area contributed by atoms with Gasteiger partial charge in [0.15, 0.2) is 0 Å². The van der Waals surface area contributed by atoms with E-state index in [1.807, 2.05) is 4.90 Å². The second kappa shape index (κ2) is 4.73. The molecule has 1 aliphatic rings. The van der Waals surface area contributed by atoms with Crippen LogP contribution in [0.15, 0.2) is 0 Å². The molecule has 0 aromatic heterocycles. The van der Waals surface area contributed by atoms with Crippen molar-refractivity contribution in [3.05, 3.63) is 0 Å². The number of rotatable bonds is 3. The van der Waals surface area contributed by atoms with E-state index in [0.29, 0.717) is 13.2 Å². The Bertz CT molecular complexity index is 180. The van der Waals surface area contributed by atoms with Crippen molar-refractivity contribution in [2.45, 2.75) is 12.8 Å². The van der Waals surface area contributed by atoms with Crippen LogP contribution < -0.4 is 0 Å². The van der Waals surface area contributed by atoms with Crippen LogP contribution in [0.1, 0.15) is 12.8 Å². The first kappa shape index (κ1) is 9.01. The van der Waals surface area contributed by atoms with Crippen LogP contribution >= 0.6 is 0 Å². The van der Waals surface area contributed by atoms with E-state index in [4.69, 9.17) is 5.26 Å². The Morgan fingerprint density at radius 3 is 2.75 bits per heavy atom. The molecule has 0 aromatic carbocycles. The van der Waals surface area contributed by atoms with Crippen LogP contribution in [-0.4, -0.2) is 31.2 Å². The van der Waals surface area contributed by atoms with Crippen LogP contribution in [0.2, 0.25) is 0 Å². The predicted octanol–water partition coefficient (Wildman–Crippen LogP) is 0.352. The highest BCUT2D eigenvalue weighted by Gasteiger charge is 2.18. The number of nitrogens with zero attached hydrogens (tertiary/aromatic N) is 2. The van der Waals surface area contributed by atoms with Gasteiger partial charge >= 0.3 is 0 Å². The van der Waals surface area contributed by atoms with Gasteiger partial charge in [-0.1, -0.05) is 0 Å². The molecule has 0 saturated carbocycles. The maximum atomic E-state index is 9.87. The third kappa shape index (κ3) is 2.51. The highest BCUT2D eigenvalue weighted by atomic mass is 16.5. The van der Waals surface area contributed by atoms with Gasteiger partial charge in [-0.25, -0.2) is 0 Å². The number of carbonyl (C=O) groups is 1. The van der Waals surface area contributed by atoms with Crippen molar-refractivity contribution >= 4 is 6.47 Å². The lowest BCUT2D eigenvalue weighted by atomic mass is 9.99. The molecule has 1 fully saturated rings. The van der Waals surface area contributed by atoms with Crippen molar-refractivity contribution in [1.29, 1.82) is 5.26 Å². The van der Waals surface area contributed by atoms with E-state index < -0.39 is 0 Å². The average molecular weight is 168 g/mol. The maximum absolute atomic E-state index is 9.87. The number of likely N-dealkylation sites (tertiary alicyclic amines) is 1. The average Bonchev–Trinajstić information content (AvgIpc) is 2.15. The van der Waals surface area contributed by atoms with Crippen LogP contribution in [-0.2, 0) is 9.53 Å². The topological polar surface area (TPSA) is 53.3 Å². The summed E-state index contributed by atoms with van der Waals surface area (Å²) in [5.74, 6) is 0.192. The molecular weight excluding hydrogens is 156 g/mol. The summed E-state index contributed by atoms with van der Waals surface area (Å²) in [6.45, 7) is 2.52. The summed E-state index contributed by atoms with van der Waals surface area (Å²) in [7, 11) is 0. The van der Waals surface area contributed by atoms with Gasteiger partial charge in [-0.15, -0.1) is 0 Å². The molecule has 1 aliphatic heterocycles. The van der Waals surface area contributed by atoms with E-state index in [2.05, 4.69) is 10.8 Å². The Morgan fingerprint density at radius 1 is 1.58 bits per heavy atom. The number of nitriles is 1. The van der Waals surface area contributed by atoms with Crippen LogP contribution in [0.5, 0.6) is 0 Å². The molecule has 1 saturated heterocycles. The van der Waals surface area contributed by atoms with Crippen molar-refractivity contribution in [2.24, 2.45) is 5.92 Å². The number of hydrogen-bond donors (Lipinski definition) is 0. The fraction of sp³-hybridized carbons (Fsp3) is 0.750. The fourth-order valence-corrected chi connectivity index (χ4v) is 1.33. The molecule has 0 radical (unpaired) electrons. The minimum absolute atomic E-state index is 0.192. The highest BCUT2D eigenvalue weighted by molar-refractivity contribution is 5.36. The Labute approximate surface area is 71.7 Å². The Morgan fingerprint density at radius 2 is 2.25 bits per heavy atom. The lowest BCUT2D eigenvalue weighted by Gasteiger charge is -2.27. The van der Waals surface area contributed by atoms with E-state index in [9.17, 15) is 4.79 Å². The third-order valence-electron chi connectivity index (χ3n) is 2.10. The second-order valence-corrected chi connectivity index (χ2v) is 2.91. The van der Waals surface area contributed by atoms with Gasteiger partial charge in [-0.2, -0.15) is 5.26 Å². The van der Waals surface area contributed by atoms with Crippen molar-refractivity contribution in [1.82, 2.24) is 4.90 Å². The first-order valence-corrected chi connectivity index (χ1v) is 4.04. The molecule has 0 unspecified atom stereocenters.